The third-order valence-electron chi connectivity index (χ3n) is 1.67. The van der Waals surface area contributed by atoms with E-state index in [2.05, 4.69) is 6.58 Å². The lowest BCUT2D eigenvalue weighted by molar-refractivity contribution is -0.140. The van der Waals surface area contributed by atoms with Crippen molar-refractivity contribution in [2.24, 2.45) is 11.8 Å². The molecule has 0 fully saturated rings. The van der Waals surface area contributed by atoms with Gasteiger partial charge < -0.3 is 5.11 Å². The maximum atomic E-state index is 10.4. The maximum Gasteiger partial charge on any atom is 0.310 e. The van der Waals surface area contributed by atoms with E-state index in [0.717, 1.165) is 5.57 Å². The van der Waals surface area contributed by atoms with Gasteiger partial charge in [-0.1, -0.05) is 26.0 Å². The van der Waals surface area contributed by atoms with E-state index >= 15 is 0 Å². The standard InChI is InChI=1S/C8H14O2/c1-5(2)6(3)7(4)8(9)10/h5,7H,3H2,1-2,4H3,(H,9,10). The highest BCUT2D eigenvalue weighted by Gasteiger charge is 2.16. The molecule has 0 aromatic rings. The molecule has 0 aliphatic carbocycles. The lowest BCUT2D eigenvalue weighted by atomic mass is 9.93. The zero-order valence-electron chi connectivity index (χ0n) is 6.72. The van der Waals surface area contributed by atoms with E-state index in [9.17, 15) is 4.79 Å². The molecule has 0 saturated carbocycles. The van der Waals surface area contributed by atoms with Crippen LogP contribution in [0.1, 0.15) is 20.8 Å². The summed E-state index contributed by atoms with van der Waals surface area (Å²) in [5.74, 6) is -0.954. The van der Waals surface area contributed by atoms with Gasteiger partial charge in [0.15, 0.2) is 0 Å². The summed E-state index contributed by atoms with van der Waals surface area (Å²) in [5.41, 5.74) is 0.785. The van der Waals surface area contributed by atoms with E-state index in [-0.39, 0.29) is 5.92 Å². The smallest absolute Gasteiger partial charge is 0.310 e. The highest BCUT2D eigenvalue weighted by atomic mass is 16.4. The Morgan fingerprint density at radius 3 is 1.90 bits per heavy atom. The van der Waals surface area contributed by atoms with Crippen LogP contribution in [0, 0.1) is 11.8 Å². The van der Waals surface area contributed by atoms with E-state index in [4.69, 9.17) is 5.11 Å². The first-order valence-electron chi connectivity index (χ1n) is 3.38. The minimum Gasteiger partial charge on any atom is -0.481 e. The van der Waals surface area contributed by atoms with Crippen LogP contribution in [-0.2, 0) is 4.79 Å². The molecule has 0 bridgehead atoms. The van der Waals surface area contributed by atoms with Gasteiger partial charge in [-0.05, 0) is 12.8 Å². The number of carbonyl (C=O) groups is 1. The second kappa shape index (κ2) is 3.40. The first kappa shape index (κ1) is 9.21. The van der Waals surface area contributed by atoms with Gasteiger partial charge in [-0.2, -0.15) is 0 Å². The Balaban J connectivity index is 4.08. The third kappa shape index (κ3) is 2.21. The van der Waals surface area contributed by atoms with E-state index in [0.29, 0.717) is 0 Å². The number of aliphatic carboxylic acids is 1. The Hall–Kier alpha value is -0.790. The maximum absolute atomic E-state index is 10.4. The minimum absolute atomic E-state index is 0.256. The zero-order chi connectivity index (χ0) is 8.31. The van der Waals surface area contributed by atoms with Gasteiger partial charge in [0.2, 0.25) is 0 Å². The molecule has 2 heteroatoms. The Bertz CT molecular complexity index is 147. The van der Waals surface area contributed by atoms with Gasteiger partial charge in [0.05, 0.1) is 5.92 Å². The van der Waals surface area contributed by atoms with Crippen LogP contribution in [0.5, 0.6) is 0 Å². The van der Waals surface area contributed by atoms with Crippen LogP contribution in [0.25, 0.3) is 0 Å². The Morgan fingerprint density at radius 2 is 1.80 bits per heavy atom. The lowest BCUT2D eigenvalue weighted by Gasteiger charge is -2.12. The van der Waals surface area contributed by atoms with Crippen molar-refractivity contribution in [3.05, 3.63) is 12.2 Å². The van der Waals surface area contributed by atoms with Gasteiger partial charge in [0.25, 0.3) is 0 Å². The van der Waals surface area contributed by atoms with Gasteiger partial charge in [0, 0.05) is 0 Å². The van der Waals surface area contributed by atoms with Crippen molar-refractivity contribution in [1.82, 2.24) is 0 Å². The molecule has 2 nitrogen and oxygen atoms in total. The molecule has 0 spiro atoms. The average Bonchev–Trinajstić information content (AvgIpc) is 1.84. The molecule has 10 heavy (non-hydrogen) atoms. The largest absolute Gasteiger partial charge is 0.481 e. The Labute approximate surface area is 61.6 Å². The summed E-state index contributed by atoms with van der Waals surface area (Å²) < 4.78 is 0. The fraction of sp³-hybridized carbons (Fsp3) is 0.625. The molecule has 1 atom stereocenters. The van der Waals surface area contributed by atoms with Crippen LogP contribution in [0.4, 0.5) is 0 Å². The van der Waals surface area contributed by atoms with Gasteiger partial charge in [-0.15, -0.1) is 0 Å². The summed E-state index contributed by atoms with van der Waals surface area (Å²) in [4.78, 5) is 10.4. The number of carboxylic acid groups (broad SMARTS) is 1. The normalized spacial score (nSPS) is 13.2. The van der Waals surface area contributed by atoms with Crippen molar-refractivity contribution in [3.63, 3.8) is 0 Å². The number of hydrogen-bond donors (Lipinski definition) is 1. The van der Waals surface area contributed by atoms with Crippen LogP contribution in [0.2, 0.25) is 0 Å². The highest BCUT2D eigenvalue weighted by Crippen LogP contribution is 2.16. The van der Waals surface area contributed by atoms with Crippen LogP contribution >= 0.6 is 0 Å². The highest BCUT2D eigenvalue weighted by molar-refractivity contribution is 5.72. The van der Waals surface area contributed by atoms with Gasteiger partial charge in [-0.3, -0.25) is 4.79 Å². The second-order valence-corrected chi connectivity index (χ2v) is 2.79. The molecular formula is C8H14O2. The van der Waals surface area contributed by atoms with Crippen molar-refractivity contribution in [2.45, 2.75) is 20.8 Å². The van der Waals surface area contributed by atoms with Crippen molar-refractivity contribution in [1.29, 1.82) is 0 Å². The van der Waals surface area contributed by atoms with Crippen molar-refractivity contribution >= 4 is 5.97 Å². The molecule has 58 valence electrons. The van der Waals surface area contributed by atoms with Crippen molar-refractivity contribution in [3.8, 4) is 0 Å². The summed E-state index contributed by atoms with van der Waals surface area (Å²) >= 11 is 0. The summed E-state index contributed by atoms with van der Waals surface area (Å²) in [5, 5.41) is 8.54. The molecule has 0 amide bonds. The molecule has 1 N–H and O–H groups in total. The molecule has 0 aliphatic rings. The van der Waals surface area contributed by atoms with Crippen LogP contribution < -0.4 is 0 Å². The first-order chi connectivity index (χ1) is 4.46. The van der Waals surface area contributed by atoms with E-state index in [1.807, 2.05) is 13.8 Å². The molecule has 0 aromatic carbocycles. The Morgan fingerprint density at radius 1 is 1.40 bits per heavy atom. The second-order valence-electron chi connectivity index (χ2n) is 2.79. The number of carboxylic acids is 1. The predicted octanol–water partition coefficient (Wildman–Crippen LogP) is 1.92. The van der Waals surface area contributed by atoms with Crippen LogP contribution in [0.15, 0.2) is 12.2 Å². The molecular weight excluding hydrogens is 128 g/mol. The predicted molar refractivity (Wildman–Crippen MR) is 40.8 cm³/mol. The van der Waals surface area contributed by atoms with E-state index in [1.165, 1.54) is 0 Å². The summed E-state index contributed by atoms with van der Waals surface area (Å²) in [7, 11) is 0. The molecule has 0 saturated heterocycles. The molecule has 1 unspecified atom stereocenters. The molecule has 0 aliphatic heterocycles. The topological polar surface area (TPSA) is 37.3 Å². The van der Waals surface area contributed by atoms with Crippen molar-refractivity contribution in [2.75, 3.05) is 0 Å². The summed E-state index contributed by atoms with van der Waals surface area (Å²) in [6.07, 6.45) is 0. The average molecular weight is 142 g/mol. The van der Waals surface area contributed by atoms with Crippen LogP contribution in [0.3, 0.4) is 0 Å². The fourth-order valence-corrected chi connectivity index (χ4v) is 0.659. The van der Waals surface area contributed by atoms with Gasteiger partial charge in [0.1, 0.15) is 0 Å². The Kier molecular flexibility index (Phi) is 3.13. The van der Waals surface area contributed by atoms with Crippen molar-refractivity contribution < 1.29 is 9.90 Å². The van der Waals surface area contributed by atoms with Gasteiger partial charge >= 0.3 is 5.97 Å². The monoisotopic (exact) mass is 142 g/mol. The number of hydrogen-bond acceptors (Lipinski definition) is 1. The minimum atomic E-state index is -0.793. The fourth-order valence-electron chi connectivity index (χ4n) is 0.659. The van der Waals surface area contributed by atoms with E-state index in [1.54, 1.807) is 6.92 Å². The molecule has 0 rings (SSSR count). The van der Waals surface area contributed by atoms with E-state index < -0.39 is 11.9 Å². The lowest BCUT2D eigenvalue weighted by Crippen LogP contribution is -2.14. The summed E-state index contributed by atoms with van der Waals surface area (Å²) in [6.45, 7) is 9.24. The molecule has 0 heterocycles. The number of rotatable bonds is 3. The summed E-state index contributed by atoms with van der Waals surface area (Å²) in [6, 6.07) is 0. The van der Waals surface area contributed by atoms with Crippen LogP contribution in [-0.4, -0.2) is 11.1 Å². The third-order valence-corrected chi connectivity index (χ3v) is 1.67. The quantitative estimate of drug-likeness (QED) is 0.611. The molecule has 0 radical (unpaired) electrons. The first-order valence-corrected chi connectivity index (χ1v) is 3.38. The SMILES string of the molecule is C=C(C(C)C)C(C)C(=O)O. The van der Waals surface area contributed by atoms with Gasteiger partial charge in [-0.25, -0.2) is 0 Å². The molecule has 0 aromatic heterocycles. The zero-order valence-corrected chi connectivity index (χ0v) is 6.72.